The molecule has 1 atom stereocenters. The van der Waals surface area contributed by atoms with Gasteiger partial charge in [0.1, 0.15) is 0 Å². The highest BCUT2D eigenvalue weighted by molar-refractivity contribution is 5.96. The van der Waals surface area contributed by atoms with Gasteiger partial charge in [-0.05, 0) is 30.5 Å². The fraction of sp³-hybridized carbons (Fsp3) is 0.565. The molecule has 0 spiro atoms. The number of benzene rings is 1. The van der Waals surface area contributed by atoms with E-state index in [1.54, 1.807) is 0 Å². The molecule has 176 valence electrons. The van der Waals surface area contributed by atoms with Crippen LogP contribution >= 0.6 is 0 Å². The molecule has 1 fully saturated rings. The predicted octanol–water partition coefficient (Wildman–Crippen LogP) is 4.21. The van der Waals surface area contributed by atoms with Crippen molar-refractivity contribution >= 4 is 5.91 Å². The SMILES string of the molecule is COCc1ccc(C(F)(F)F)cc1C(=O)N=c1cc(C(C)(C)C)n(C)n1C[C@H]1CCCO1. The van der Waals surface area contributed by atoms with Crippen LogP contribution in [0.4, 0.5) is 13.2 Å². The summed E-state index contributed by atoms with van der Waals surface area (Å²) in [6, 6.07) is 4.87. The molecule has 1 amide bonds. The molecule has 1 aliphatic rings. The molecule has 6 nitrogen and oxygen atoms in total. The Kier molecular flexibility index (Phi) is 7.00. The number of ether oxygens (including phenoxy) is 2. The highest BCUT2D eigenvalue weighted by Gasteiger charge is 2.32. The Morgan fingerprint density at radius 1 is 1.25 bits per heavy atom. The Bertz CT molecular complexity index is 1040. The summed E-state index contributed by atoms with van der Waals surface area (Å²) in [5.74, 6) is -0.740. The van der Waals surface area contributed by atoms with Gasteiger partial charge in [0, 0.05) is 43.5 Å². The lowest BCUT2D eigenvalue weighted by atomic mass is 9.92. The largest absolute Gasteiger partial charge is 0.416 e. The topological polar surface area (TPSA) is 57.8 Å². The van der Waals surface area contributed by atoms with Crippen LogP contribution in [0.2, 0.25) is 0 Å². The molecule has 0 radical (unpaired) electrons. The zero-order valence-corrected chi connectivity index (χ0v) is 19.1. The standard InChI is InChI=1S/C23H30F3N3O3/c1-22(2,3)19-12-20(29(28(19)4)13-17-7-6-10-32-17)27-21(30)18-11-16(23(24,25)26)9-8-15(18)14-31-5/h8-9,11-12,17H,6-7,10,13-14H2,1-5H3/t17-/m1/s1. The quantitative estimate of drug-likeness (QED) is 0.682. The van der Waals surface area contributed by atoms with E-state index in [9.17, 15) is 18.0 Å². The molecule has 0 unspecified atom stereocenters. The Morgan fingerprint density at radius 3 is 2.53 bits per heavy atom. The normalized spacial score (nSPS) is 17.9. The van der Waals surface area contributed by atoms with Crippen molar-refractivity contribution in [3.05, 3.63) is 52.1 Å². The molecular weight excluding hydrogens is 423 g/mol. The van der Waals surface area contributed by atoms with E-state index >= 15 is 0 Å². The molecule has 9 heteroatoms. The summed E-state index contributed by atoms with van der Waals surface area (Å²) >= 11 is 0. The Balaban J connectivity index is 2.11. The van der Waals surface area contributed by atoms with Gasteiger partial charge in [-0.25, -0.2) is 0 Å². The van der Waals surface area contributed by atoms with E-state index in [-0.39, 0.29) is 23.7 Å². The average molecular weight is 454 g/mol. The molecule has 1 aliphatic heterocycles. The predicted molar refractivity (Wildman–Crippen MR) is 113 cm³/mol. The molecule has 1 aromatic carbocycles. The van der Waals surface area contributed by atoms with Crippen LogP contribution in [0.25, 0.3) is 0 Å². The third-order valence-corrected chi connectivity index (χ3v) is 5.59. The Hall–Kier alpha value is -2.39. The van der Waals surface area contributed by atoms with Crippen molar-refractivity contribution in [1.82, 2.24) is 9.36 Å². The zero-order chi connectivity index (χ0) is 23.7. The molecule has 2 heterocycles. The van der Waals surface area contributed by atoms with Crippen molar-refractivity contribution < 1.29 is 27.4 Å². The monoisotopic (exact) mass is 453 g/mol. The summed E-state index contributed by atoms with van der Waals surface area (Å²) in [5.41, 5.74) is 0.452. The number of halogens is 3. The zero-order valence-electron chi connectivity index (χ0n) is 19.1. The first-order valence-electron chi connectivity index (χ1n) is 10.6. The maximum absolute atomic E-state index is 13.3. The van der Waals surface area contributed by atoms with Crippen molar-refractivity contribution in [2.45, 2.75) is 64.5 Å². The maximum atomic E-state index is 13.3. The van der Waals surface area contributed by atoms with Crippen LogP contribution in [0.1, 0.15) is 60.8 Å². The smallest absolute Gasteiger partial charge is 0.380 e. The van der Waals surface area contributed by atoms with Crippen LogP contribution in [0, 0.1) is 0 Å². The van der Waals surface area contributed by atoms with E-state index in [0.29, 0.717) is 24.2 Å². The van der Waals surface area contributed by atoms with Crippen LogP contribution in [-0.2, 0) is 41.3 Å². The Labute approximate surface area is 185 Å². The summed E-state index contributed by atoms with van der Waals surface area (Å²) in [6.45, 7) is 7.35. The first-order valence-corrected chi connectivity index (χ1v) is 10.6. The summed E-state index contributed by atoms with van der Waals surface area (Å²) in [6.07, 6.45) is -2.69. The number of hydrogen-bond acceptors (Lipinski definition) is 3. The van der Waals surface area contributed by atoms with Crippen molar-refractivity contribution in [1.29, 1.82) is 0 Å². The molecule has 0 saturated carbocycles. The number of rotatable bonds is 5. The lowest BCUT2D eigenvalue weighted by Crippen LogP contribution is -2.30. The summed E-state index contributed by atoms with van der Waals surface area (Å²) in [4.78, 5) is 17.4. The first-order chi connectivity index (χ1) is 14.9. The van der Waals surface area contributed by atoms with Crippen LogP contribution in [0.3, 0.4) is 0 Å². The summed E-state index contributed by atoms with van der Waals surface area (Å²) in [5, 5.41) is 0. The maximum Gasteiger partial charge on any atom is 0.416 e. The van der Waals surface area contributed by atoms with Crippen LogP contribution in [-0.4, -0.2) is 35.1 Å². The minimum absolute atomic E-state index is 0.00285. The van der Waals surface area contributed by atoms with Crippen LogP contribution in [0.5, 0.6) is 0 Å². The number of aromatic nitrogens is 2. The molecular formula is C23H30F3N3O3. The van der Waals surface area contributed by atoms with Gasteiger partial charge < -0.3 is 9.47 Å². The number of hydrogen-bond donors (Lipinski definition) is 0. The minimum Gasteiger partial charge on any atom is -0.380 e. The molecule has 32 heavy (non-hydrogen) atoms. The molecule has 0 aliphatic carbocycles. The van der Waals surface area contributed by atoms with Gasteiger partial charge in [0.25, 0.3) is 5.91 Å². The van der Waals surface area contributed by atoms with Gasteiger partial charge in [-0.2, -0.15) is 18.2 Å². The number of nitrogens with zero attached hydrogens (tertiary/aromatic N) is 3. The van der Waals surface area contributed by atoms with Crippen LogP contribution in [0.15, 0.2) is 29.3 Å². The fourth-order valence-corrected chi connectivity index (χ4v) is 3.96. The average Bonchev–Trinajstić information content (AvgIpc) is 3.31. The van der Waals surface area contributed by atoms with Crippen molar-refractivity contribution in [3.8, 4) is 0 Å². The third-order valence-electron chi connectivity index (χ3n) is 5.59. The third kappa shape index (κ3) is 5.32. The second-order valence-electron chi connectivity index (χ2n) is 9.10. The van der Waals surface area contributed by atoms with Gasteiger partial charge in [-0.15, -0.1) is 0 Å². The van der Waals surface area contributed by atoms with E-state index in [2.05, 4.69) is 4.99 Å². The van der Waals surface area contributed by atoms with Gasteiger partial charge in [0.2, 0.25) is 0 Å². The second-order valence-corrected chi connectivity index (χ2v) is 9.10. The van der Waals surface area contributed by atoms with Crippen LogP contribution < -0.4 is 5.49 Å². The van der Waals surface area contributed by atoms with Gasteiger partial charge in [-0.1, -0.05) is 26.8 Å². The van der Waals surface area contributed by atoms with E-state index < -0.39 is 17.6 Å². The van der Waals surface area contributed by atoms with E-state index in [0.717, 1.165) is 30.7 Å². The Morgan fingerprint density at radius 2 is 1.97 bits per heavy atom. The van der Waals surface area contributed by atoms with Gasteiger partial charge in [0.15, 0.2) is 5.49 Å². The molecule has 2 aromatic rings. The summed E-state index contributed by atoms with van der Waals surface area (Å²) in [7, 11) is 3.31. The lowest BCUT2D eigenvalue weighted by Gasteiger charge is -2.21. The van der Waals surface area contributed by atoms with E-state index in [4.69, 9.17) is 9.47 Å². The van der Waals surface area contributed by atoms with Crippen molar-refractivity contribution in [3.63, 3.8) is 0 Å². The number of alkyl halides is 3. The lowest BCUT2D eigenvalue weighted by molar-refractivity contribution is -0.137. The van der Waals surface area contributed by atoms with Gasteiger partial charge in [0.05, 0.1) is 24.8 Å². The minimum atomic E-state index is -4.56. The van der Waals surface area contributed by atoms with Gasteiger partial charge in [-0.3, -0.25) is 14.2 Å². The second kappa shape index (κ2) is 9.23. The highest BCUT2D eigenvalue weighted by atomic mass is 19.4. The number of amides is 1. The highest BCUT2D eigenvalue weighted by Crippen LogP contribution is 2.31. The molecule has 3 rings (SSSR count). The first kappa shape index (κ1) is 24.3. The fourth-order valence-electron chi connectivity index (χ4n) is 3.96. The summed E-state index contributed by atoms with van der Waals surface area (Å²) < 4.78 is 54.4. The van der Waals surface area contributed by atoms with E-state index in [1.807, 2.05) is 43.2 Å². The molecule has 1 saturated heterocycles. The number of carbonyl (C=O) groups excluding carboxylic acids is 1. The molecule has 0 N–H and O–H groups in total. The van der Waals surface area contributed by atoms with Gasteiger partial charge >= 0.3 is 6.18 Å². The molecule has 1 aromatic heterocycles. The van der Waals surface area contributed by atoms with E-state index in [1.165, 1.54) is 13.2 Å². The van der Waals surface area contributed by atoms with Crippen molar-refractivity contribution in [2.24, 2.45) is 12.0 Å². The number of methoxy groups -OCH3 is 1. The van der Waals surface area contributed by atoms with Crippen molar-refractivity contribution in [2.75, 3.05) is 13.7 Å². The number of carbonyl (C=O) groups is 1. The molecule has 0 bridgehead atoms.